The summed E-state index contributed by atoms with van der Waals surface area (Å²) in [6, 6.07) is 8.59. The van der Waals surface area contributed by atoms with Crippen LogP contribution in [0.3, 0.4) is 0 Å². The molecule has 0 aliphatic heterocycles. The van der Waals surface area contributed by atoms with Gasteiger partial charge in [0.25, 0.3) is 0 Å². The van der Waals surface area contributed by atoms with Gasteiger partial charge in [-0.1, -0.05) is 22.0 Å². The van der Waals surface area contributed by atoms with Gasteiger partial charge in [0.1, 0.15) is 0 Å². The van der Waals surface area contributed by atoms with Gasteiger partial charge in [0.15, 0.2) is 0 Å². The molecule has 2 N–H and O–H groups in total. The molecule has 4 heteroatoms. The Bertz CT molecular complexity index is 585. The number of halogens is 1. The molecule has 3 nitrogen and oxygen atoms in total. The van der Waals surface area contributed by atoms with Crippen LogP contribution >= 0.6 is 15.9 Å². The highest BCUT2D eigenvalue weighted by atomic mass is 79.9. The lowest BCUT2D eigenvalue weighted by Crippen LogP contribution is -2.19. The summed E-state index contributed by atoms with van der Waals surface area (Å²) in [7, 11) is 0. The predicted molar refractivity (Wildman–Crippen MR) is 80.6 cm³/mol. The van der Waals surface area contributed by atoms with Crippen molar-refractivity contribution in [3.05, 3.63) is 46.2 Å². The van der Waals surface area contributed by atoms with E-state index in [1.165, 1.54) is 24.1 Å². The second kappa shape index (κ2) is 5.10. The Hall–Kier alpha value is -1.13. The molecule has 1 fully saturated rings. The van der Waals surface area contributed by atoms with E-state index in [1.807, 2.05) is 11.6 Å². The van der Waals surface area contributed by atoms with Crippen LogP contribution in [-0.2, 0) is 6.42 Å². The summed E-state index contributed by atoms with van der Waals surface area (Å²) in [5.74, 6) is 0.685. The Balaban J connectivity index is 1.98. The van der Waals surface area contributed by atoms with Gasteiger partial charge in [-0.05, 0) is 49.9 Å². The van der Waals surface area contributed by atoms with E-state index in [2.05, 4.69) is 46.4 Å². The molecule has 1 atom stereocenters. The maximum absolute atomic E-state index is 5.93. The summed E-state index contributed by atoms with van der Waals surface area (Å²) in [5.41, 5.74) is 9.51. The molecule has 0 spiro atoms. The second-order valence-electron chi connectivity index (χ2n) is 5.41. The number of hydrogen-bond donors (Lipinski definition) is 1. The van der Waals surface area contributed by atoms with Crippen molar-refractivity contribution in [2.24, 2.45) is 5.73 Å². The van der Waals surface area contributed by atoms with E-state index in [0.29, 0.717) is 5.92 Å². The number of rotatable bonds is 4. The van der Waals surface area contributed by atoms with Crippen LogP contribution in [0.2, 0.25) is 0 Å². The van der Waals surface area contributed by atoms with E-state index < -0.39 is 0 Å². The van der Waals surface area contributed by atoms with E-state index >= 15 is 0 Å². The normalized spacial score (nSPS) is 16.6. The topological polar surface area (TPSA) is 43.8 Å². The van der Waals surface area contributed by atoms with Crippen molar-refractivity contribution in [3.8, 4) is 5.69 Å². The highest BCUT2D eigenvalue weighted by molar-refractivity contribution is 9.10. The third-order valence-electron chi connectivity index (χ3n) is 3.44. The van der Waals surface area contributed by atoms with Crippen LogP contribution in [0.25, 0.3) is 5.69 Å². The highest BCUT2D eigenvalue weighted by Crippen LogP contribution is 2.39. The maximum Gasteiger partial charge on any atom is 0.0689 e. The van der Waals surface area contributed by atoms with E-state index in [-0.39, 0.29) is 6.04 Å². The van der Waals surface area contributed by atoms with E-state index in [0.717, 1.165) is 16.6 Å². The van der Waals surface area contributed by atoms with Gasteiger partial charge in [-0.15, -0.1) is 0 Å². The van der Waals surface area contributed by atoms with Crippen molar-refractivity contribution in [3.63, 3.8) is 0 Å². The lowest BCUT2D eigenvalue weighted by atomic mass is 10.1. The zero-order valence-electron chi connectivity index (χ0n) is 11.0. The van der Waals surface area contributed by atoms with Gasteiger partial charge in [0, 0.05) is 22.6 Å². The van der Waals surface area contributed by atoms with Crippen LogP contribution in [0.1, 0.15) is 36.9 Å². The molecule has 0 amide bonds. The van der Waals surface area contributed by atoms with E-state index in [1.54, 1.807) is 0 Å². The summed E-state index contributed by atoms with van der Waals surface area (Å²) in [6.07, 6.45) is 5.48. The van der Waals surface area contributed by atoms with Gasteiger partial charge in [0.05, 0.1) is 11.4 Å². The lowest BCUT2D eigenvalue weighted by molar-refractivity contribution is 0.725. The summed E-state index contributed by atoms with van der Waals surface area (Å²) < 4.78 is 3.05. The Morgan fingerprint density at radius 2 is 2.21 bits per heavy atom. The van der Waals surface area contributed by atoms with E-state index in [4.69, 9.17) is 10.8 Å². The zero-order valence-corrected chi connectivity index (χ0v) is 12.6. The Morgan fingerprint density at radius 3 is 2.89 bits per heavy atom. The van der Waals surface area contributed by atoms with Gasteiger partial charge < -0.3 is 5.73 Å². The molecule has 1 aromatic carbocycles. The lowest BCUT2D eigenvalue weighted by Gasteiger charge is -2.12. The first-order valence-corrected chi connectivity index (χ1v) is 7.53. The number of hydrogen-bond acceptors (Lipinski definition) is 2. The van der Waals surface area contributed by atoms with Gasteiger partial charge in [0.2, 0.25) is 0 Å². The van der Waals surface area contributed by atoms with Crippen LogP contribution in [0.15, 0.2) is 34.9 Å². The Labute approximate surface area is 121 Å². The molecule has 19 heavy (non-hydrogen) atoms. The Kier molecular flexibility index (Phi) is 3.46. The number of nitrogens with two attached hydrogens (primary N) is 1. The molecule has 1 aliphatic rings. The molecule has 3 rings (SSSR count). The summed E-state index contributed by atoms with van der Waals surface area (Å²) >= 11 is 3.54. The molecular formula is C15H18BrN3. The van der Waals surface area contributed by atoms with Crippen LogP contribution in [0.5, 0.6) is 0 Å². The minimum atomic E-state index is 0.151. The average molecular weight is 320 g/mol. The fourth-order valence-electron chi connectivity index (χ4n) is 2.34. The number of benzene rings is 1. The third kappa shape index (κ3) is 2.90. The standard InChI is InChI=1S/C15H18BrN3/c1-10(17)8-12-4-5-13(16)9-15(12)19-7-6-14(18-19)11-2-3-11/h4-7,9-11H,2-3,8,17H2,1H3. The van der Waals surface area contributed by atoms with Crippen LogP contribution in [0.4, 0.5) is 0 Å². The van der Waals surface area contributed by atoms with Crippen LogP contribution in [0, 0.1) is 0 Å². The molecule has 2 aromatic rings. The van der Waals surface area contributed by atoms with Crippen molar-refractivity contribution in [1.82, 2.24) is 9.78 Å². The van der Waals surface area contributed by atoms with Crippen molar-refractivity contribution in [1.29, 1.82) is 0 Å². The fourth-order valence-corrected chi connectivity index (χ4v) is 2.69. The molecule has 1 saturated carbocycles. The number of aromatic nitrogens is 2. The van der Waals surface area contributed by atoms with Gasteiger partial charge in [-0.2, -0.15) is 5.10 Å². The molecule has 1 unspecified atom stereocenters. The second-order valence-corrected chi connectivity index (χ2v) is 6.33. The molecular weight excluding hydrogens is 302 g/mol. The van der Waals surface area contributed by atoms with Crippen LogP contribution < -0.4 is 5.73 Å². The minimum absolute atomic E-state index is 0.151. The molecule has 1 heterocycles. The first-order chi connectivity index (χ1) is 9.13. The summed E-state index contributed by atoms with van der Waals surface area (Å²) in [5, 5.41) is 4.71. The van der Waals surface area contributed by atoms with Crippen LogP contribution in [-0.4, -0.2) is 15.8 Å². The predicted octanol–water partition coefficient (Wildman–Crippen LogP) is 3.40. The third-order valence-corrected chi connectivity index (χ3v) is 3.93. The van der Waals surface area contributed by atoms with Crippen molar-refractivity contribution < 1.29 is 0 Å². The molecule has 1 aromatic heterocycles. The van der Waals surface area contributed by atoms with Crippen molar-refractivity contribution in [2.75, 3.05) is 0 Å². The molecule has 1 aliphatic carbocycles. The minimum Gasteiger partial charge on any atom is -0.328 e. The van der Waals surface area contributed by atoms with Crippen molar-refractivity contribution in [2.45, 2.75) is 38.1 Å². The molecule has 100 valence electrons. The van der Waals surface area contributed by atoms with Gasteiger partial charge in [-0.3, -0.25) is 0 Å². The summed E-state index contributed by atoms with van der Waals surface area (Å²) in [4.78, 5) is 0. The quantitative estimate of drug-likeness (QED) is 0.938. The van der Waals surface area contributed by atoms with Crippen molar-refractivity contribution >= 4 is 15.9 Å². The molecule has 0 bridgehead atoms. The molecule has 0 saturated heterocycles. The SMILES string of the molecule is CC(N)Cc1ccc(Br)cc1-n1ccc(C2CC2)n1. The zero-order chi connectivity index (χ0) is 13.4. The molecule has 0 radical (unpaired) electrons. The first-order valence-electron chi connectivity index (χ1n) is 6.73. The maximum atomic E-state index is 5.93. The monoisotopic (exact) mass is 319 g/mol. The fraction of sp³-hybridized carbons (Fsp3) is 0.400. The summed E-state index contributed by atoms with van der Waals surface area (Å²) in [6.45, 7) is 2.03. The van der Waals surface area contributed by atoms with E-state index in [9.17, 15) is 0 Å². The Morgan fingerprint density at radius 1 is 1.42 bits per heavy atom. The highest BCUT2D eigenvalue weighted by Gasteiger charge is 2.26. The number of nitrogens with zero attached hydrogens (tertiary/aromatic N) is 2. The average Bonchev–Trinajstić information content (AvgIpc) is 3.09. The van der Waals surface area contributed by atoms with Gasteiger partial charge in [-0.25, -0.2) is 4.68 Å². The smallest absolute Gasteiger partial charge is 0.0689 e. The van der Waals surface area contributed by atoms with Gasteiger partial charge >= 0.3 is 0 Å². The first kappa shape index (κ1) is 12.9. The largest absolute Gasteiger partial charge is 0.328 e.